The molecule has 0 saturated carbocycles. The summed E-state index contributed by atoms with van der Waals surface area (Å²) in [6.07, 6.45) is 0.577. The largest absolute Gasteiger partial charge is 0.443 e. The van der Waals surface area contributed by atoms with Gasteiger partial charge in [-0.05, 0) is 80.1 Å². The fourth-order valence-electron chi connectivity index (χ4n) is 4.34. The van der Waals surface area contributed by atoms with Crippen LogP contribution in [0.25, 0.3) is 32.9 Å². The molecule has 0 fully saturated rings. The van der Waals surface area contributed by atoms with Crippen LogP contribution in [0.1, 0.15) is 37.5 Å². The van der Waals surface area contributed by atoms with Gasteiger partial charge in [0.1, 0.15) is 5.60 Å². The van der Waals surface area contributed by atoms with Crippen LogP contribution in [-0.4, -0.2) is 16.3 Å². The van der Waals surface area contributed by atoms with Crippen molar-refractivity contribution in [1.29, 1.82) is 0 Å². The molecule has 0 unspecified atom stereocenters. The van der Waals surface area contributed by atoms with Crippen LogP contribution in [0, 0.1) is 6.92 Å². The number of rotatable bonds is 0. The molecule has 0 amide bonds. The minimum Gasteiger partial charge on any atom is -0.443 e. The Kier molecular flexibility index (Phi) is 3.48. The van der Waals surface area contributed by atoms with Crippen LogP contribution in [0.3, 0.4) is 0 Å². The lowest BCUT2D eigenvalue weighted by molar-refractivity contribution is 0.0551. The molecule has 0 saturated heterocycles. The van der Waals surface area contributed by atoms with Crippen LogP contribution in [0.5, 0.6) is 0 Å². The second-order valence-electron chi connectivity index (χ2n) is 8.64. The zero-order valence-corrected chi connectivity index (χ0v) is 16.7. The fourth-order valence-corrected chi connectivity index (χ4v) is 4.34. The van der Waals surface area contributed by atoms with Gasteiger partial charge in [-0.2, -0.15) is 0 Å². The van der Waals surface area contributed by atoms with Crippen LogP contribution < -0.4 is 0 Å². The first kappa shape index (κ1) is 17.1. The normalized spacial score (nSPS) is 13.0. The van der Waals surface area contributed by atoms with Gasteiger partial charge in [0.2, 0.25) is 0 Å². The van der Waals surface area contributed by atoms with Gasteiger partial charge in [0.05, 0.1) is 11.0 Å². The van der Waals surface area contributed by atoms with Crippen molar-refractivity contribution in [3.05, 3.63) is 71.3 Å². The monoisotopic (exact) mass is 369 g/mol. The first-order valence-corrected chi connectivity index (χ1v) is 9.72. The summed E-state index contributed by atoms with van der Waals surface area (Å²) in [6, 6.07) is 19.0. The second kappa shape index (κ2) is 5.71. The molecular formula is C25H23NO2. The van der Waals surface area contributed by atoms with Crippen molar-refractivity contribution in [2.24, 2.45) is 0 Å². The van der Waals surface area contributed by atoms with E-state index < -0.39 is 5.60 Å². The molecule has 4 aromatic rings. The molecule has 1 heterocycles. The highest BCUT2D eigenvalue weighted by Crippen LogP contribution is 2.42. The Hall–Kier alpha value is -3.07. The van der Waals surface area contributed by atoms with E-state index in [0.717, 1.165) is 28.2 Å². The predicted octanol–water partition coefficient (Wildman–Crippen LogP) is 6.46. The van der Waals surface area contributed by atoms with Crippen LogP contribution in [0.2, 0.25) is 0 Å². The van der Waals surface area contributed by atoms with Gasteiger partial charge >= 0.3 is 6.09 Å². The Morgan fingerprint density at radius 3 is 2.50 bits per heavy atom. The minimum atomic E-state index is -0.543. The molecule has 3 aromatic carbocycles. The SMILES string of the molecule is Cc1cccc2c1Cc1cc3c(cc1-2)c1ccccc1n3C(=O)OC(C)(C)C. The molecule has 0 spiro atoms. The molecular weight excluding hydrogens is 346 g/mol. The lowest BCUT2D eigenvalue weighted by atomic mass is 10.0. The Balaban J connectivity index is 1.81. The standard InChI is InChI=1S/C25H23NO2/c1-15-8-7-10-17-19(15)12-16-13-23-21(14-20(16)17)18-9-5-6-11-22(18)26(23)24(27)28-25(2,3)4/h5-11,13-14H,12H2,1-4H3. The Labute approximate surface area is 164 Å². The van der Waals surface area contributed by atoms with Crippen molar-refractivity contribution < 1.29 is 9.53 Å². The van der Waals surface area contributed by atoms with E-state index in [-0.39, 0.29) is 6.09 Å². The lowest BCUT2D eigenvalue weighted by Gasteiger charge is -2.20. The van der Waals surface area contributed by atoms with E-state index >= 15 is 0 Å². The zero-order chi connectivity index (χ0) is 19.6. The number of ether oxygens (including phenoxy) is 1. The molecule has 0 bridgehead atoms. The summed E-state index contributed by atoms with van der Waals surface area (Å²) in [6.45, 7) is 7.86. The van der Waals surface area contributed by atoms with Gasteiger partial charge < -0.3 is 4.74 Å². The van der Waals surface area contributed by atoms with Crippen molar-refractivity contribution in [2.45, 2.75) is 39.7 Å². The minimum absolute atomic E-state index is 0.328. The summed E-state index contributed by atoms with van der Waals surface area (Å²) >= 11 is 0. The zero-order valence-electron chi connectivity index (χ0n) is 16.7. The molecule has 3 nitrogen and oxygen atoms in total. The van der Waals surface area contributed by atoms with Crippen LogP contribution >= 0.6 is 0 Å². The Morgan fingerprint density at radius 1 is 0.929 bits per heavy atom. The van der Waals surface area contributed by atoms with Crippen molar-refractivity contribution in [2.75, 3.05) is 0 Å². The van der Waals surface area contributed by atoms with E-state index in [0.29, 0.717) is 0 Å². The van der Waals surface area contributed by atoms with Gasteiger partial charge in [-0.25, -0.2) is 9.36 Å². The van der Waals surface area contributed by atoms with E-state index in [2.05, 4.69) is 43.3 Å². The van der Waals surface area contributed by atoms with Gasteiger partial charge in [-0.3, -0.25) is 0 Å². The van der Waals surface area contributed by atoms with Crippen molar-refractivity contribution in [3.63, 3.8) is 0 Å². The third kappa shape index (κ3) is 2.46. The highest BCUT2D eigenvalue weighted by Gasteiger charge is 2.26. The maximum Gasteiger partial charge on any atom is 0.419 e. The molecule has 0 atom stereocenters. The summed E-state index contributed by atoms with van der Waals surface area (Å²) in [5.41, 5.74) is 7.82. The first-order chi connectivity index (χ1) is 13.3. The summed E-state index contributed by atoms with van der Waals surface area (Å²) in [5, 5.41) is 2.17. The molecule has 28 heavy (non-hydrogen) atoms. The number of carbonyl (C=O) groups is 1. The van der Waals surface area contributed by atoms with Crippen molar-refractivity contribution in [1.82, 2.24) is 4.57 Å². The van der Waals surface area contributed by atoms with Crippen molar-refractivity contribution >= 4 is 27.9 Å². The van der Waals surface area contributed by atoms with Gasteiger partial charge in [0, 0.05) is 10.8 Å². The molecule has 140 valence electrons. The number of fused-ring (bicyclic) bond motifs is 6. The van der Waals surface area contributed by atoms with E-state index in [9.17, 15) is 4.79 Å². The highest BCUT2D eigenvalue weighted by molar-refractivity contribution is 6.14. The number of nitrogens with zero attached hydrogens (tertiary/aromatic N) is 1. The number of hydrogen-bond acceptors (Lipinski definition) is 2. The van der Waals surface area contributed by atoms with E-state index in [1.807, 2.05) is 39.0 Å². The smallest absolute Gasteiger partial charge is 0.419 e. The number of aromatic nitrogens is 1. The fraction of sp³-hybridized carbons (Fsp3) is 0.240. The summed E-state index contributed by atoms with van der Waals surface area (Å²) < 4.78 is 7.45. The molecule has 0 N–H and O–H groups in total. The number of carbonyl (C=O) groups excluding carboxylic acids is 1. The molecule has 0 radical (unpaired) electrons. The highest BCUT2D eigenvalue weighted by atomic mass is 16.6. The van der Waals surface area contributed by atoms with E-state index in [4.69, 9.17) is 4.74 Å². The number of benzene rings is 3. The maximum absolute atomic E-state index is 13.1. The maximum atomic E-state index is 13.1. The van der Waals surface area contributed by atoms with Gasteiger partial charge in [-0.1, -0.05) is 36.4 Å². The quantitative estimate of drug-likeness (QED) is 0.314. The van der Waals surface area contributed by atoms with E-state index in [1.165, 1.54) is 27.8 Å². The summed E-state index contributed by atoms with van der Waals surface area (Å²) in [7, 11) is 0. The Bertz CT molecular complexity index is 1270. The molecule has 1 aromatic heterocycles. The van der Waals surface area contributed by atoms with Gasteiger partial charge in [0.15, 0.2) is 0 Å². The molecule has 1 aliphatic carbocycles. The summed E-state index contributed by atoms with van der Waals surface area (Å²) in [4.78, 5) is 13.1. The first-order valence-electron chi connectivity index (χ1n) is 9.72. The van der Waals surface area contributed by atoms with Crippen LogP contribution in [0.15, 0.2) is 54.6 Å². The topological polar surface area (TPSA) is 31.2 Å². The number of aryl methyl sites for hydroxylation is 1. The van der Waals surface area contributed by atoms with Crippen LogP contribution in [0.4, 0.5) is 4.79 Å². The number of hydrogen-bond donors (Lipinski definition) is 0. The predicted molar refractivity (Wildman–Crippen MR) is 114 cm³/mol. The van der Waals surface area contributed by atoms with Crippen molar-refractivity contribution in [3.8, 4) is 11.1 Å². The van der Waals surface area contributed by atoms with Gasteiger partial charge in [0.25, 0.3) is 0 Å². The third-order valence-electron chi connectivity index (χ3n) is 5.54. The lowest BCUT2D eigenvalue weighted by Crippen LogP contribution is -2.27. The average Bonchev–Trinajstić information content (AvgIpc) is 3.15. The molecule has 1 aliphatic rings. The van der Waals surface area contributed by atoms with Gasteiger partial charge in [-0.15, -0.1) is 0 Å². The van der Waals surface area contributed by atoms with E-state index in [1.54, 1.807) is 4.57 Å². The van der Waals surface area contributed by atoms with Crippen LogP contribution in [-0.2, 0) is 11.2 Å². The second-order valence-corrected chi connectivity index (χ2v) is 8.64. The number of para-hydroxylation sites is 1. The molecule has 0 aliphatic heterocycles. The molecule has 5 rings (SSSR count). The summed E-state index contributed by atoms with van der Waals surface area (Å²) in [5.74, 6) is 0. The molecule has 3 heteroatoms. The third-order valence-corrected chi connectivity index (χ3v) is 5.54. The average molecular weight is 369 g/mol. The Morgan fingerprint density at radius 2 is 1.71 bits per heavy atom.